The molecular formula is C31H26ClN3O4S3. The first-order valence-electron chi connectivity index (χ1n) is 13.3. The number of hydrogen-bond donors (Lipinski definition) is 1. The van der Waals surface area contributed by atoms with Crippen molar-refractivity contribution in [3.8, 4) is 16.8 Å². The summed E-state index contributed by atoms with van der Waals surface area (Å²) >= 11 is 10.1. The minimum absolute atomic E-state index is 0.000219. The number of amides is 1. The molecule has 0 bridgehead atoms. The molecule has 1 atom stereocenters. The molecular weight excluding hydrogens is 610 g/mol. The van der Waals surface area contributed by atoms with Crippen LogP contribution in [0.4, 0.5) is 5.00 Å². The highest BCUT2D eigenvalue weighted by Gasteiger charge is 2.29. The van der Waals surface area contributed by atoms with Gasteiger partial charge in [-0.25, -0.2) is 9.78 Å². The number of carbonyl (C=O) groups excluding carboxylic acids is 2. The van der Waals surface area contributed by atoms with Gasteiger partial charge in [0.1, 0.15) is 9.83 Å². The predicted octanol–water partition coefficient (Wildman–Crippen LogP) is 7.47. The van der Waals surface area contributed by atoms with Gasteiger partial charge >= 0.3 is 5.97 Å². The molecule has 0 radical (unpaired) electrons. The van der Waals surface area contributed by atoms with E-state index in [0.29, 0.717) is 42.6 Å². The van der Waals surface area contributed by atoms with E-state index in [1.54, 1.807) is 16.7 Å². The fourth-order valence-corrected chi connectivity index (χ4v) is 8.51. The van der Waals surface area contributed by atoms with Gasteiger partial charge in [-0.15, -0.1) is 22.7 Å². The molecule has 3 heterocycles. The minimum atomic E-state index is -0.441. The highest BCUT2D eigenvalue weighted by atomic mass is 35.5. The van der Waals surface area contributed by atoms with Crippen LogP contribution in [0.5, 0.6) is 0 Å². The zero-order valence-corrected chi connectivity index (χ0v) is 26.0. The lowest BCUT2D eigenvalue weighted by Gasteiger charge is -2.18. The summed E-state index contributed by atoms with van der Waals surface area (Å²) in [6.45, 7) is 2.19. The number of thioether (sulfide) groups is 1. The Morgan fingerprint density at radius 2 is 1.93 bits per heavy atom. The van der Waals surface area contributed by atoms with Crippen molar-refractivity contribution in [1.29, 1.82) is 0 Å². The van der Waals surface area contributed by atoms with Crippen LogP contribution in [0.25, 0.3) is 27.0 Å². The lowest BCUT2D eigenvalue weighted by Crippen LogP contribution is -2.23. The topological polar surface area (TPSA) is 90.3 Å². The number of anilines is 1. The van der Waals surface area contributed by atoms with Gasteiger partial charge < -0.3 is 10.1 Å². The number of thiophene rings is 2. The number of halogens is 1. The van der Waals surface area contributed by atoms with Crippen LogP contribution in [0.3, 0.4) is 0 Å². The first-order valence-corrected chi connectivity index (χ1v) is 16.4. The van der Waals surface area contributed by atoms with Crippen LogP contribution in [0.1, 0.15) is 34.1 Å². The number of carbonyl (C=O) groups is 2. The average Bonchev–Trinajstić information content (AvgIpc) is 3.57. The Kier molecular flexibility index (Phi) is 8.22. The van der Waals surface area contributed by atoms with Crippen LogP contribution in [0, 0.1) is 5.92 Å². The molecule has 0 unspecified atom stereocenters. The SMILES string of the molecule is COC(=O)c1c(NC(=O)CSc2nc3scc(-c4ccc(Cl)cc4)c3c(=O)n2-c2ccccc2)sc2c1CC[C@H](C)C2. The predicted molar refractivity (Wildman–Crippen MR) is 172 cm³/mol. The number of rotatable bonds is 7. The molecule has 6 rings (SSSR count). The summed E-state index contributed by atoms with van der Waals surface area (Å²) in [5, 5.41) is 6.92. The minimum Gasteiger partial charge on any atom is -0.465 e. The molecule has 0 fully saturated rings. The number of nitrogens with one attached hydrogen (secondary N) is 1. The maximum absolute atomic E-state index is 14.0. The van der Waals surface area contributed by atoms with E-state index in [-0.39, 0.29) is 17.2 Å². The third kappa shape index (κ3) is 5.51. The second-order valence-corrected chi connectivity index (χ2v) is 13.4. The number of fused-ring (bicyclic) bond motifs is 2. The Morgan fingerprint density at radius 1 is 1.17 bits per heavy atom. The molecule has 0 saturated carbocycles. The number of ether oxygens (including phenoxy) is 1. The Bertz CT molecular complexity index is 1860. The Balaban J connectivity index is 1.33. The average molecular weight is 636 g/mol. The quantitative estimate of drug-likeness (QED) is 0.113. The standard InChI is InChI=1S/C31H26ClN3O4S3/c1-17-8-13-21-23(14-17)42-28(26(21)30(38)39-2)33-24(36)16-41-31-34-27-25(29(37)35(31)20-6-4-3-5-7-20)22(15-40-27)18-9-11-19(32)12-10-18/h3-7,9-12,15,17H,8,13-14,16H2,1-2H3,(H,33,36)/t17-/m0/s1. The molecule has 2 aromatic carbocycles. The summed E-state index contributed by atoms with van der Waals surface area (Å²) in [6, 6.07) is 16.6. The van der Waals surface area contributed by atoms with Crippen molar-refractivity contribution in [3.05, 3.63) is 91.4 Å². The molecule has 0 spiro atoms. The molecule has 7 nitrogen and oxygen atoms in total. The Morgan fingerprint density at radius 3 is 2.67 bits per heavy atom. The molecule has 11 heteroatoms. The van der Waals surface area contributed by atoms with Crippen LogP contribution >= 0.6 is 46.0 Å². The molecule has 5 aromatic rings. The third-order valence-electron chi connectivity index (χ3n) is 7.23. The number of aromatic nitrogens is 2. The molecule has 1 N–H and O–H groups in total. The Labute approximate surface area is 259 Å². The fourth-order valence-electron chi connectivity index (χ4n) is 5.17. The van der Waals surface area contributed by atoms with Gasteiger partial charge in [-0.1, -0.05) is 60.6 Å². The summed E-state index contributed by atoms with van der Waals surface area (Å²) in [5.41, 5.74) is 3.53. The molecule has 214 valence electrons. The molecule has 42 heavy (non-hydrogen) atoms. The maximum Gasteiger partial charge on any atom is 0.341 e. The summed E-state index contributed by atoms with van der Waals surface area (Å²) in [4.78, 5) is 46.5. The number of hydrogen-bond acceptors (Lipinski definition) is 8. The highest BCUT2D eigenvalue weighted by molar-refractivity contribution is 7.99. The number of esters is 1. The van der Waals surface area contributed by atoms with E-state index in [1.807, 2.05) is 47.8 Å². The van der Waals surface area contributed by atoms with Gasteiger partial charge in [0.05, 0.1) is 29.5 Å². The Hall–Kier alpha value is -3.44. The molecule has 0 aliphatic heterocycles. The number of benzene rings is 2. The zero-order valence-electron chi connectivity index (χ0n) is 22.8. The normalized spacial score (nSPS) is 14.5. The van der Waals surface area contributed by atoms with Gasteiger partial charge in [0.2, 0.25) is 5.91 Å². The lowest BCUT2D eigenvalue weighted by atomic mass is 9.88. The number of methoxy groups -OCH3 is 1. The smallest absolute Gasteiger partial charge is 0.341 e. The number of nitrogens with zero attached hydrogens (tertiary/aromatic N) is 2. The molecule has 1 aliphatic rings. The van der Waals surface area contributed by atoms with Crippen molar-refractivity contribution >= 4 is 73.1 Å². The van der Waals surface area contributed by atoms with Crippen molar-refractivity contribution < 1.29 is 14.3 Å². The first kappa shape index (κ1) is 28.7. The highest BCUT2D eigenvalue weighted by Crippen LogP contribution is 2.40. The van der Waals surface area contributed by atoms with E-state index >= 15 is 0 Å². The van der Waals surface area contributed by atoms with Crippen LogP contribution in [-0.4, -0.2) is 34.3 Å². The van der Waals surface area contributed by atoms with E-state index in [0.717, 1.165) is 40.8 Å². The molecule has 0 saturated heterocycles. The van der Waals surface area contributed by atoms with Crippen molar-refractivity contribution in [2.45, 2.75) is 31.3 Å². The molecule has 1 amide bonds. The van der Waals surface area contributed by atoms with Crippen molar-refractivity contribution in [2.75, 3.05) is 18.2 Å². The van der Waals surface area contributed by atoms with Crippen LogP contribution in [0.15, 0.2) is 69.9 Å². The van der Waals surface area contributed by atoms with Crippen LogP contribution < -0.4 is 10.9 Å². The van der Waals surface area contributed by atoms with Gasteiger partial charge in [-0.3, -0.25) is 14.2 Å². The lowest BCUT2D eigenvalue weighted by molar-refractivity contribution is -0.113. The van der Waals surface area contributed by atoms with E-state index in [4.69, 9.17) is 21.3 Å². The van der Waals surface area contributed by atoms with Crippen LogP contribution in [0.2, 0.25) is 5.02 Å². The monoisotopic (exact) mass is 635 g/mol. The van der Waals surface area contributed by atoms with E-state index < -0.39 is 5.97 Å². The van der Waals surface area contributed by atoms with Gasteiger partial charge in [0.25, 0.3) is 5.56 Å². The summed E-state index contributed by atoms with van der Waals surface area (Å²) in [6.07, 6.45) is 2.65. The third-order valence-corrected chi connectivity index (χ3v) is 10.5. The first-order chi connectivity index (χ1) is 20.3. The van der Waals surface area contributed by atoms with E-state index in [9.17, 15) is 14.4 Å². The van der Waals surface area contributed by atoms with Gasteiger partial charge in [-0.2, -0.15) is 0 Å². The summed E-state index contributed by atoms with van der Waals surface area (Å²) < 4.78 is 6.61. The summed E-state index contributed by atoms with van der Waals surface area (Å²) in [5.74, 6) is -0.211. The van der Waals surface area contributed by atoms with Crippen molar-refractivity contribution in [2.24, 2.45) is 5.92 Å². The summed E-state index contributed by atoms with van der Waals surface area (Å²) in [7, 11) is 1.35. The second kappa shape index (κ2) is 12.0. The fraction of sp³-hybridized carbons (Fsp3) is 0.226. The second-order valence-electron chi connectivity index (χ2n) is 10.1. The maximum atomic E-state index is 14.0. The van der Waals surface area contributed by atoms with Gasteiger partial charge in [0.15, 0.2) is 5.16 Å². The van der Waals surface area contributed by atoms with Gasteiger partial charge in [-0.05, 0) is 60.6 Å². The van der Waals surface area contributed by atoms with E-state index in [1.165, 1.54) is 41.5 Å². The largest absolute Gasteiger partial charge is 0.465 e. The molecule has 1 aliphatic carbocycles. The van der Waals surface area contributed by atoms with E-state index in [2.05, 4.69) is 12.2 Å². The zero-order chi connectivity index (χ0) is 29.4. The van der Waals surface area contributed by atoms with Crippen molar-refractivity contribution in [3.63, 3.8) is 0 Å². The van der Waals surface area contributed by atoms with Crippen LogP contribution in [-0.2, 0) is 22.4 Å². The van der Waals surface area contributed by atoms with Gasteiger partial charge in [0, 0.05) is 20.8 Å². The number of para-hydroxylation sites is 1. The molecule has 3 aromatic heterocycles. The van der Waals surface area contributed by atoms with Crippen molar-refractivity contribution in [1.82, 2.24) is 9.55 Å².